The molecule has 0 spiro atoms. The van der Waals surface area contributed by atoms with Gasteiger partial charge in [0, 0.05) is 6.07 Å². The number of amides is 1. The molecular formula is C10H8FN3O3. The van der Waals surface area contributed by atoms with E-state index < -0.39 is 28.3 Å². The fourth-order valence-corrected chi connectivity index (χ4v) is 1.02. The number of carbonyl (C=O) groups excluding carboxylic acids is 1. The highest BCUT2D eigenvalue weighted by Gasteiger charge is 2.16. The minimum atomic E-state index is -0.926. The summed E-state index contributed by atoms with van der Waals surface area (Å²) < 4.78 is 13.3. The molecule has 0 aromatic heterocycles. The lowest BCUT2D eigenvalue weighted by molar-refractivity contribution is -0.385. The van der Waals surface area contributed by atoms with Gasteiger partial charge in [-0.15, -0.1) is 0 Å². The van der Waals surface area contributed by atoms with Crippen LogP contribution in [0.1, 0.15) is 6.92 Å². The molecule has 0 saturated heterocycles. The van der Waals surface area contributed by atoms with E-state index in [1.807, 2.05) is 0 Å². The van der Waals surface area contributed by atoms with Crippen molar-refractivity contribution >= 4 is 17.3 Å². The summed E-state index contributed by atoms with van der Waals surface area (Å²) in [7, 11) is 0. The Kier molecular flexibility index (Phi) is 3.72. The first-order valence-corrected chi connectivity index (χ1v) is 4.60. The van der Waals surface area contributed by atoms with Crippen molar-refractivity contribution in [3.05, 3.63) is 34.1 Å². The molecule has 0 aliphatic carbocycles. The van der Waals surface area contributed by atoms with Gasteiger partial charge in [-0.2, -0.15) is 5.26 Å². The molecule has 1 unspecified atom stereocenters. The zero-order valence-corrected chi connectivity index (χ0v) is 8.81. The number of carbonyl (C=O) groups is 1. The average molecular weight is 237 g/mol. The topological polar surface area (TPSA) is 96.0 Å². The minimum absolute atomic E-state index is 0.192. The van der Waals surface area contributed by atoms with Crippen molar-refractivity contribution in [2.75, 3.05) is 5.32 Å². The maximum Gasteiger partial charge on any atom is 0.272 e. The van der Waals surface area contributed by atoms with Gasteiger partial charge in [-0.25, -0.2) is 4.39 Å². The number of hydrogen-bond donors (Lipinski definition) is 1. The number of rotatable bonds is 3. The summed E-state index contributed by atoms with van der Waals surface area (Å²) >= 11 is 0. The maximum absolute atomic E-state index is 13.3. The van der Waals surface area contributed by atoms with Crippen molar-refractivity contribution in [2.24, 2.45) is 5.92 Å². The third-order valence-electron chi connectivity index (χ3n) is 2.01. The van der Waals surface area contributed by atoms with Crippen LogP contribution in [0.2, 0.25) is 0 Å². The van der Waals surface area contributed by atoms with Crippen LogP contribution in [0.4, 0.5) is 15.8 Å². The molecule has 1 rings (SSSR count). The summed E-state index contributed by atoms with van der Waals surface area (Å²) in [5, 5.41) is 21.0. The molecule has 17 heavy (non-hydrogen) atoms. The summed E-state index contributed by atoms with van der Waals surface area (Å²) in [6.07, 6.45) is 0. The molecule has 0 saturated carbocycles. The van der Waals surface area contributed by atoms with Gasteiger partial charge in [-0.3, -0.25) is 14.9 Å². The SMILES string of the molecule is CC(C#N)C(=O)Nc1ccc([N+](=O)[O-])cc1F. The summed E-state index contributed by atoms with van der Waals surface area (Å²) in [6.45, 7) is 1.36. The van der Waals surface area contributed by atoms with E-state index >= 15 is 0 Å². The quantitative estimate of drug-likeness (QED) is 0.640. The van der Waals surface area contributed by atoms with Crippen LogP contribution in [0.25, 0.3) is 0 Å². The second-order valence-electron chi connectivity index (χ2n) is 3.26. The highest BCUT2D eigenvalue weighted by atomic mass is 19.1. The number of non-ortho nitro benzene ring substituents is 1. The van der Waals surface area contributed by atoms with E-state index in [0.29, 0.717) is 6.07 Å². The second kappa shape index (κ2) is 5.03. The Labute approximate surface area is 95.8 Å². The predicted octanol–water partition coefficient (Wildman–Crippen LogP) is 1.83. The van der Waals surface area contributed by atoms with Crippen molar-refractivity contribution in [3.8, 4) is 6.07 Å². The molecule has 88 valence electrons. The van der Waals surface area contributed by atoms with Crippen LogP contribution >= 0.6 is 0 Å². The Balaban J connectivity index is 2.91. The molecule has 1 N–H and O–H groups in total. The Morgan fingerprint density at radius 2 is 2.29 bits per heavy atom. The lowest BCUT2D eigenvalue weighted by atomic mass is 10.2. The summed E-state index contributed by atoms with van der Waals surface area (Å²) in [4.78, 5) is 20.9. The van der Waals surface area contributed by atoms with E-state index in [2.05, 4.69) is 5.32 Å². The minimum Gasteiger partial charge on any atom is -0.322 e. The zero-order chi connectivity index (χ0) is 13.0. The highest BCUT2D eigenvalue weighted by Crippen LogP contribution is 2.20. The maximum atomic E-state index is 13.3. The molecule has 0 heterocycles. The van der Waals surface area contributed by atoms with Gasteiger partial charge in [0.2, 0.25) is 5.91 Å². The Bertz CT molecular complexity index is 510. The molecule has 0 bridgehead atoms. The number of nitrogens with zero attached hydrogens (tertiary/aromatic N) is 2. The highest BCUT2D eigenvalue weighted by molar-refractivity contribution is 5.94. The number of nitro groups is 1. The summed E-state index contributed by atoms with van der Waals surface area (Å²) in [6, 6.07) is 4.54. The predicted molar refractivity (Wildman–Crippen MR) is 56.5 cm³/mol. The molecular weight excluding hydrogens is 229 g/mol. The van der Waals surface area contributed by atoms with Crippen LogP contribution in [-0.4, -0.2) is 10.8 Å². The van der Waals surface area contributed by atoms with Gasteiger partial charge < -0.3 is 5.32 Å². The third kappa shape index (κ3) is 2.98. The van der Waals surface area contributed by atoms with E-state index in [1.165, 1.54) is 6.92 Å². The first-order chi connectivity index (χ1) is 7.95. The average Bonchev–Trinajstić information content (AvgIpc) is 2.30. The lowest BCUT2D eigenvalue weighted by Gasteiger charge is -2.06. The van der Waals surface area contributed by atoms with Crippen LogP contribution in [0.5, 0.6) is 0 Å². The van der Waals surface area contributed by atoms with Gasteiger partial charge >= 0.3 is 0 Å². The molecule has 1 aromatic rings. The first-order valence-electron chi connectivity index (χ1n) is 4.60. The molecule has 1 amide bonds. The fraction of sp³-hybridized carbons (Fsp3) is 0.200. The van der Waals surface area contributed by atoms with Crippen molar-refractivity contribution in [3.63, 3.8) is 0 Å². The number of halogens is 1. The van der Waals surface area contributed by atoms with Gasteiger partial charge in [-0.1, -0.05) is 0 Å². The smallest absolute Gasteiger partial charge is 0.272 e. The van der Waals surface area contributed by atoms with Crippen molar-refractivity contribution < 1.29 is 14.1 Å². The van der Waals surface area contributed by atoms with E-state index in [9.17, 15) is 19.3 Å². The van der Waals surface area contributed by atoms with Gasteiger partial charge in [-0.05, 0) is 13.0 Å². The van der Waals surface area contributed by atoms with Crippen LogP contribution in [0.15, 0.2) is 18.2 Å². The van der Waals surface area contributed by atoms with E-state index in [-0.39, 0.29) is 5.69 Å². The van der Waals surface area contributed by atoms with Crippen molar-refractivity contribution in [1.82, 2.24) is 0 Å². The third-order valence-corrected chi connectivity index (χ3v) is 2.01. The fourth-order valence-electron chi connectivity index (χ4n) is 1.02. The van der Waals surface area contributed by atoms with Crippen LogP contribution < -0.4 is 5.32 Å². The van der Waals surface area contributed by atoms with Gasteiger partial charge in [0.05, 0.1) is 22.7 Å². The number of nitriles is 1. The van der Waals surface area contributed by atoms with Crippen LogP contribution in [0, 0.1) is 33.2 Å². The number of nitro benzene ring substituents is 1. The molecule has 0 aliphatic rings. The first kappa shape index (κ1) is 12.6. The number of anilines is 1. The number of hydrogen-bond acceptors (Lipinski definition) is 4. The normalized spacial score (nSPS) is 11.4. The standard InChI is InChI=1S/C10H8FN3O3/c1-6(5-12)10(15)13-9-3-2-7(14(16)17)4-8(9)11/h2-4,6H,1H3,(H,13,15). The zero-order valence-electron chi connectivity index (χ0n) is 8.81. The van der Waals surface area contributed by atoms with Crippen molar-refractivity contribution in [2.45, 2.75) is 6.92 Å². The molecule has 1 atom stereocenters. The Hall–Kier alpha value is -2.49. The lowest BCUT2D eigenvalue weighted by Crippen LogP contribution is -2.19. The molecule has 7 heteroatoms. The number of nitrogens with one attached hydrogen (secondary N) is 1. The van der Waals surface area contributed by atoms with Crippen LogP contribution in [-0.2, 0) is 4.79 Å². The largest absolute Gasteiger partial charge is 0.322 e. The Morgan fingerprint density at radius 1 is 1.65 bits per heavy atom. The van der Waals surface area contributed by atoms with E-state index in [0.717, 1.165) is 12.1 Å². The monoisotopic (exact) mass is 237 g/mol. The molecule has 0 fully saturated rings. The van der Waals surface area contributed by atoms with Crippen LogP contribution in [0.3, 0.4) is 0 Å². The van der Waals surface area contributed by atoms with Crippen molar-refractivity contribution in [1.29, 1.82) is 5.26 Å². The van der Waals surface area contributed by atoms with Gasteiger partial charge in [0.25, 0.3) is 5.69 Å². The molecule has 0 radical (unpaired) electrons. The molecule has 1 aromatic carbocycles. The van der Waals surface area contributed by atoms with Gasteiger partial charge in [0.1, 0.15) is 5.92 Å². The second-order valence-corrected chi connectivity index (χ2v) is 3.26. The van der Waals surface area contributed by atoms with E-state index in [1.54, 1.807) is 6.07 Å². The molecule has 6 nitrogen and oxygen atoms in total. The summed E-state index contributed by atoms with van der Waals surface area (Å²) in [5.41, 5.74) is -0.600. The number of benzene rings is 1. The Morgan fingerprint density at radius 3 is 2.76 bits per heavy atom. The molecule has 0 aliphatic heterocycles. The summed E-state index contributed by atoms with van der Waals surface area (Å²) in [5.74, 6) is -2.51. The van der Waals surface area contributed by atoms with E-state index in [4.69, 9.17) is 5.26 Å². The van der Waals surface area contributed by atoms with Gasteiger partial charge in [0.15, 0.2) is 5.82 Å².